The lowest BCUT2D eigenvalue weighted by atomic mass is 10.1. The predicted octanol–water partition coefficient (Wildman–Crippen LogP) is 3.32. The van der Waals surface area contributed by atoms with Crippen LogP contribution in [0.3, 0.4) is 0 Å². The minimum atomic E-state index is -0.451. The van der Waals surface area contributed by atoms with E-state index >= 15 is 0 Å². The largest absolute Gasteiger partial charge is 0.474 e. The second-order valence-electron chi connectivity index (χ2n) is 4.57. The van der Waals surface area contributed by atoms with Crippen LogP contribution in [-0.4, -0.2) is 24.2 Å². The third-order valence-electron chi connectivity index (χ3n) is 2.68. The van der Waals surface area contributed by atoms with Gasteiger partial charge in [0.1, 0.15) is 5.56 Å². The molecule has 1 aromatic carbocycles. The highest BCUT2D eigenvalue weighted by Gasteiger charge is 2.17. The van der Waals surface area contributed by atoms with Crippen molar-refractivity contribution in [1.29, 1.82) is 0 Å². The summed E-state index contributed by atoms with van der Waals surface area (Å²) in [4.78, 5) is 16.2. The molecule has 0 atom stereocenters. The van der Waals surface area contributed by atoms with Gasteiger partial charge >= 0.3 is 5.97 Å². The van der Waals surface area contributed by atoms with Crippen LogP contribution in [0.2, 0.25) is 0 Å². The molecule has 2 aromatic rings. The third-order valence-corrected chi connectivity index (χ3v) is 2.68. The Balaban J connectivity index is 2.45. The summed E-state index contributed by atoms with van der Waals surface area (Å²) < 4.78 is 10.4. The monoisotopic (exact) mass is 271 g/mol. The Labute approximate surface area is 118 Å². The lowest BCUT2D eigenvalue weighted by molar-refractivity contribution is 0.0593. The Morgan fingerprint density at radius 3 is 2.40 bits per heavy atom. The number of carbonyl (C=O) groups excluding carboxylic acids is 1. The first kappa shape index (κ1) is 14.1. The van der Waals surface area contributed by atoms with Gasteiger partial charge in [0.25, 0.3) is 0 Å². The van der Waals surface area contributed by atoms with Crippen LogP contribution >= 0.6 is 0 Å². The smallest absolute Gasteiger partial charge is 0.343 e. The molecule has 2 rings (SSSR count). The third kappa shape index (κ3) is 3.15. The quantitative estimate of drug-likeness (QED) is 0.800. The Hall–Kier alpha value is -2.36. The van der Waals surface area contributed by atoms with E-state index in [1.807, 2.05) is 44.2 Å². The van der Waals surface area contributed by atoms with Gasteiger partial charge in [-0.15, -0.1) is 0 Å². The summed E-state index contributed by atoms with van der Waals surface area (Å²) in [6, 6.07) is 13.2. The maximum Gasteiger partial charge on any atom is 0.343 e. The fraction of sp³-hybridized carbons (Fsp3) is 0.250. The number of methoxy groups -OCH3 is 1. The number of esters is 1. The highest BCUT2D eigenvalue weighted by atomic mass is 16.5. The van der Waals surface area contributed by atoms with Gasteiger partial charge < -0.3 is 9.47 Å². The molecule has 0 radical (unpaired) electrons. The predicted molar refractivity (Wildman–Crippen MR) is 76.8 cm³/mol. The molecule has 0 amide bonds. The van der Waals surface area contributed by atoms with Crippen molar-refractivity contribution >= 4 is 5.97 Å². The molecule has 104 valence electrons. The van der Waals surface area contributed by atoms with Crippen LogP contribution in [0.4, 0.5) is 0 Å². The lowest BCUT2D eigenvalue weighted by Crippen LogP contribution is -2.12. The van der Waals surface area contributed by atoms with Crippen LogP contribution in [-0.2, 0) is 4.74 Å². The zero-order valence-corrected chi connectivity index (χ0v) is 11.8. The second-order valence-corrected chi connectivity index (χ2v) is 4.57. The van der Waals surface area contributed by atoms with Gasteiger partial charge in [-0.25, -0.2) is 9.78 Å². The SMILES string of the molecule is COC(=O)c1ccc(-c2ccccc2)nc1OC(C)C. The molecule has 0 spiro atoms. The first-order valence-corrected chi connectivity index (χ1v) is 6.43. The van der Waals surface area contributed by atoms with Crippen molar-refractivity contribution in [2.75, 3.05) is 7.11 Å². The molecule has 1 aromatic heterocycles. The van der Waals surface area contributed by atoms with E-state index in [1.54, 1.807) is 12.1 Å². The Kier molecular flexibility index (Phi) is 4.35. The summed E-state index contributed by atoms with van der Waals surface area (Å²) in [5, 5.41) is 0. The van der Waals surface area contributed by atoms with E-state index in [4.69, 9.17) is 9.47 Å². The molecule has 0 aliphatic carbocycles. The highest BCUT2D eigenvalue weighted by Crippen LogP contribution is 2.24. The first-order valence-electron chi connectivity index (χ1n) is 6.43. The Morgan fingerprint density at radius 2 is 1.80 bits per heavy atom. The number of rotatable bonds is 4. The van der Waals surface area contributed by atoms with Crippen molar-refractivity contribution in [1.82, 2.24) is 4.98 Å². The molecule has 0 aliphatic rings. The summed E-state index contributed by atoms with van der Waals surface area (Å²) in [5.41, 5.74) is 2.06. The number of aromatic nitrogens is 1. The molecule has 4 nitrogen and oxygen atoms in total. The fourth-order valence-electron chi connectivity index (χ4n) is 1.79. The summed E-state index contributed by atoms with van der Waals surface area (Å²) in [6.07, 6.45) is -0.0723. The van der Waals surface area contributed by atoms with Crippen molar-refractivity contribution in [3.63, 3.8) is 0 Å². The van der Waals surface area contributed by atoms with Crippen molar-refractivity contribution in [2.45, 2.75) is 20.0 Å². The zero-order valence-electron chi connectivity index (χ0n) is 11.8. The number of pyridine rings is 1. The van der Waals surface area contributed by atoms with E-state index in [0.29, 0.717) is 11.4 Å². The molecule has 1 heterocycles. The number of ether oxygens (including phenoxy) is 2. The zero-order chi connectivity index (χ0) is 14.5. The van der Waals surface area contributed by atoms with Crippen LogP contribution in [0.5, 0.6) is 5.88 Å². The lowest BCUT2D eigenvalue weighted by Gasteiger charge is -2.13. The molecule has 0 bridgehead atoms. The summed E-state index contributed by atoms with van der Waals surface area (Å²) in [7, 11) is 1.34. The average molecular weight is 271 g/mol. The maximum absolute atomic E-state index is 11.7. The molecular formula is C16H17NO3. The number of hydrogen-bond donors (Lipinski definition) is 0. The number of nitrogens with zero attached hydrogens (tertiary/aromatic N) is 1. The van der Waals surface area contributed by atoms with Gasteiger partial charge in [0.05, 0.1) is 18.9 Å². The van der Waals surface area contributed by atoms with Crippen LogP contribution < -0.4 is 4.74 Å². The molecule has 20 heavy (non-hydrogen) atoms. The maximum atomic E-state index is 11.7. The van der Waals surface area contributed by atoms with E-state index in [2.05, 4.69) is 4.98 Å². The van der Waals surface area contributed by atoms with Crippen molar-refractivity contribution in [3.8, 4) is 17.1 Å². The minimum absolute atomic E-state index is 0.0723. The van der Waals surface area contributed by atoms with Gasteiger partial charge in [0.2, 0.25) is 5.88 Å². The normalized spacial score (nSPS) is 10.4. The van der Waals surface area contributed by atoms with E-state index in [0.717, 1.165) is 11.3 Å². The highest BCUT2D eigenvalue weighted by molar-refractivity contribution is 5.92. The van der Waals surface area contributed by atoms with Gasteiger partial charge in [0.15, 0.2) is 0 Å². The van der Waals surface area contributed by atoms with Gasteiger partial charge in [-0.2, -0.15) is 0 Å². The molecule has 0 aliphatic heterocycles. The Morgan fingerprint density at radius 1 is 1.10 bits per heavy atom. The minimum Gasteiger partial charge on any atom is -0.474 e. The summed E-state index contributed by atoms with van der Waals surface area (Å²) in [5.74, 6) is -0.152. The number of carbonyl (C=O) groups is 1. The molecule has 0 saturated carbocycles. The molecule has 0 fully saturated rings. The number of hydrogen-bond acceptors (Lipinski definition) is 4. The van der Waals surface area contributed by atoms with Gasteiger partial charge in [-0.1, -0.05) is 30.3 Å². The van der Waals surface area contributed by atoms with Crippen LogP contribution in [0, 0.1) is 0 Å². The molecular weight excluding hydrogens is 254 g/mol. The van der Waals surface area contributed by atoms with Crippen LogP contribution in [0.1, 0.15) is 24.2 Å². The van der Waals surface area contributed by atoms with Gasteiger partial charge in [-0.05, 0) is 26.0 Å². The van der Waals surface area contributed by atoms with Crippen LogP contribution in [0.15, 0.2) is 42.5 Å². The average Bonchev–Trinajstić information content (AvgIpc) is 2.46. The van der Waals surface area contributed by atoms with E-state index < -0.39 is 5.97 Å². The molecule has 0 unspecified atom stereocenters. The molecule has 0 N–H and O–H groups in total. The topological polar surface area (TPSA) is 48.4 Å². The second kappa shape index (κ2) is 6.19. The van der Waals surface area contributed by atoms with Crippen molar-refractivity contribution in [3.05, 3.63) is 48.0 Å². The van der Waals surface area contributed by atoms with Gasteiger partial charge in [0, 0.05) is 5.56 Å². The molecule has 4 heteroatoms. The van der Waals surface area contributed by atoms with E-state index in [9.17, 15) is 4.79 Å². The molecule has 0 saturated heterocycles. The van der Waals surface area contributed by atoms with Gasteiger partial charge in [-0.3, -0.25) is 0 Å². The van der Waals surface area contributed by atoms with E-state index in [1.165, 1.54) is 7.11 Å². The van der Waals surface area contributed by atoms with Crippen molar-refractivity contribution < 1.29 is 14.3 Å². The fourth-order valence-corrected chi connectivity index (χ4v) is 1.79. The summed E-state index contributed by atoms with van der Waals surface area (Å²) >= 11 is 0. The van der Waals surface area contributed by atoms with E-state index in [-0.39, 0.29) is 6.10 Å². The van der Waals surface area contributed by atoms with Crippen LogP contribution in [0.25, 0.3) is 11.3 Å². The first-order chi connectivity index (χ1) is 9.61. The van der Waals surface area contributed by atoms with Crippen molar-refractivity contribution in [2.24, 2.45) is 0 Å². The number of benzene rings is 1. The standard InChI is InChI=1S/C16H17NO3/c1-11(2)20-15-13(16(18)19-3)9-10-14(17-15)12-7-5-4-6-8-12/h4-11H,1-3H3. The summed E-state index contributed by atoms with van der Waals surface area (Å²) in [6.45, 7) is 3.77. The Bertz CT molecular complexity index is 594.